The summed E-state index contributed by atoms with van der Waals surface area (Å²) in [5.41, 5.74) is 1.27. The van der Waals surface area contributed by atoms with Crippen LogP contribution in [0.4, 0.5) is 0 Å². The predicted molar refractivity (Wildman–Crippen MR) is 33.2 cm³/mol. The van der Waals surface area contributed by atoms with Crippen LogP contribution in [0, 0.1) is 6.42 Å². The van der Waals surface area contributed by atoms with E-state index in [0.717, 1.165) is 0 Å². The zero-order valence-electron chi connectivity index (χ0n) is 4.41. The molecule has 0 aliphatic carbocycles. The Morgan fingerprint density at radius 2 is 2.38 bits per heavy atom. The van der Waals surface area contributed by atoms with Gasteiger partial charge in [0, 0.05) is 24.5 Å². The average molecular weight is 104 g/mol. The van der Waals surface area contributed by atoms with Gasteiger partial charge in [-0.05, 0) is 12.1 Å². The Hall–Kier alpha value is -0.980. The van der Waals surface area contributed by atoms with Gasteiger partial charge in [-0.15, -0.1) is 0 Å². The highest BCUT2D eigenvalue weighted by molar-refractivity contribution is 5.44. The Morgan fingerprint density at radius 3 is 3.25 bits per heavy atom. The topological polar surface area (TPSA) is 4.93 Å². The number of nitrogens with zero attached hydrogens (tertiary/aromatic N) is 1. The highest BCUT2D eigenvalue weighted by atomic mass is 15.0. The van der Waals surface area contributed by atoms with Crippen LogP contribution in [-0.4, -0.2) is 4.57 Å². The lowest BCUT2D eigenvalue weighted by Gasteiger charge is -1.87. The Kier molecular flexibility index (Phi) is 0.618. The Balaban J connectivity index is 2.67. The first kappa shape index (κ1) is 3.96. The first-order chi connectivity index (χ1) is 3.97. The van der Waals surface area contributed by atoms with Gasteiger partial charge >= 0.3 is 0 Å². The minimum atomic E-state index is 1.27. The van der Waals surface area contributed by atoms with Crippen LogP contribution in [-0.2, 0) is 0 Å². The van der Waals surface area contributed by atoms with Gasteiger partial charge in [-0.3, -0.25) is 0 Å². The predicted octanol–water partition coefficient (Wildman–Crippen LogP) is 1.52. The van der Waals surface area contributed by atoms with E-state index in [1.165, 1.54) is 5.69 Å². The third kappa shape index (κ3) is 0.360. The molecule has 8 heavy (non-hydrogen) atoms. The largest absolute Gasteiger partial charge is 0.327 e. The van der Waals surface area contributed by atoms with Crippen molar-refractivity contribution in [2.75, 3.05) is 0 Å². The van der Waals surface area contributed by atoms with Crippen molar-refractivity contribution in [3.05, 3.63) is 36.5 Å². The third-order valence-electron chi connectivity index (χ3n) is 1.33. The molecule has 0 fully saturated rings. The Bertz CT molecular complexity index is 220. The van der Waals surface area contributed by atoms with Crippen LogP contribution in [0.1, 0.15) is 5.69 Å². The number of hydrogen-bond acceptors (Lipinski definition) is 0. The molecule has 1 nitrogen and oxygen atoms in total. The maximum absolute atomic E-state index is 2.08. The van der Waals surface area contributed by atoms with Gasteiger partial charge in [-0.2, -0.15) is 0 Å². The molecule has 0 bridgehead atoms. The summed E-state index contributed by atoms with van der Waals surface area (Å²) in [6.07, 6.45) is 8.19. The van der Waals surface area contributed by atoms with Gasteiger partial charge in [0.2, 0.25) is 0 Å². The number of rotatable bonds is 0. The summed E-state index contributed by atoms with van der Waals surface area (Å²) < 4.78 is 2.08. The SMILES string of the molecule is [CH]1C=Cn2cccc21. The van der Waals surface area contributed by atoms with Crippen LogP contribution in [0.5, 0.6) is 0 Å². The van der Waals surface area contributed by atoms with E-state index in [1.54, 1.807) is 0 Å². The van der Waals surface area contributed by atoms with E-state index in [9.17, 15) is 0 Å². The molecule has 0 saturated heterocycles. The highest BCUT2D eigenvalue weighted by Gasteiger charge is 1.99. The second-order valence-electron chi connectivity index (χ2n) is 1.85. The van der Waals surface area contributed by atoms with E-state index >= 15 is 0 Å². The normalized spacial score (nSPS) is 14.5. The van der Waals surface area contributed by atoms with Crippen molar-refractivity contribution in [1.29, 1.82) is 0 Å². The zero-order chi connectivity index (χ0) is 5.40. The standard InChI is InChI=1S/C7H6N/c1-3-7-4-2-6-8(7)5-1/h1-6H. The molecule has 2 rings (SSSR count). The smallest absolute Gasteiger partial charge is 0.0311 e. The lowest BCUT2D eigenvalue weighted by Crippen LogP contribution is -1.79. The molecule has 1 aliphatic heterocycles. The summed E-state index contributed by atoms with van der Waals surface area (Å²) in [5, 5.41) is 0. The summed E-state index contributed by atoms with van der Waals surface area (Å²) in [4.78, 5) is 0. The van der Waals surface area contributed by atoms with Gasteiger partial charge in [0.15, 0.2) is 0 Å². The number of fused-ring (bicyclic) bond motifs is 1. The second kappa shape index (κ2) is 1.25. The van der Waals surface area contributed by atoms with Gasteiger partial charge < -0.3 is 4.57 Å². The fourth-order valence-corrected chi connectivity index (χ4v) is 0.918. The van der Waals surface area contributed by atoms with E-state index in [-0.39, 0.29) is 0 Å². The average Bonchev–Trinajstić information content (AvgIpc) is 2.15. The van der Waals surface area contributed by atoms with E-state index in [1.807, 2.05) is 24.5 Å². The van der Waals surface area contributed by atoms with E-state index in [0.29, 0.717) is 0 Å². The quantitative estimate of drug-likeness (QED) is 0.470. The lowest BCUT2D eigenvalue weighted by molar-refractivity contribution is 1.15. The van der Waals surface area contributed by atoms with Gasteiger partial charge in [-0.1, -0.05) is 6.08 Å². The second-order valence-corrected chi connectivity index (χ2v) is 1.85. The summed E-state index contributed by atoms with van der Waals surface area (Å²) in [7, 11) is 0. The minimum Gasteiger partial charge on any atom is -0.327 e. The zero-order valence-corrected chi connectivity index (χ0v) is 4.41. The van der Waals surface area contributed by atoms with Crippen LogP contribution < -0.4 is 0 Å². The maximum Gasteiger partial charge on any atom is 0.0311 e. The molecule has 0 unspecified atom stereocenters. The molecule has 0 saturated carbocycles. The first-order valence-electron chi connectivity index (χ1n) is 2.65. The van der Waals surface area contributed by atoms with Gasteiger partial charge in [0.05, 0.1) is 0 Å². The maximum atomic E-state index is 2.08. The summed E-state index contributed by atoms with van der Waals surface area (Å²) in [6, 6.07) is 4.12. The van der Waals surface area contributed by atoms with Crippen molar-refractivity contribution in [3.63, 3.8) is 0 Å². The molecule has 0 N–H and O–H groups in total. The van der Waals surface area contributed by atoms with E-state index < -0.39 is 0 Å². The molecule has 1 radical (unpaired) electrons. The molecule has 1 aliphatic rings. The Labute approximate surface area is 48.2 Å². The molecular formula is C7H6N. The molecule has 1 heteroatoms. The van der Waals surface area contributed by atoms with E-state index in [2.05, 4.69) is 17.1 Å². The fraction of sp³-hybridized carbons (Fsp3) is 0. The molecule has 0 amide bonds. The fourth-order valence-electron chi connectivity index (χ4n) is 0.918. The van der Waals surface area contributed by atoms with E-state index in [4.69, 9.17) is 0 Å². The van der Waals surface area contributed by atoms with Gasteiger partial charge in [-0.25, -0.2) is 0 Å². The summed E-state index contributed by atoms with van der Waals surface area (Å²) in [6.45, 7) is 0. The summed E-state index contributed by atoms with van der Waals surface area (Å²) in [5.74, 6) is 0. The monoisotopic (exact) mass is 104 g/mol. The van der Waals surface area contributed by atoms with Crippen molar-refractivity contribution >= 4 is 6.20 Å². The van der Waals surface area contributed by atoms with Crippen LogP contribution in [0.2, 0.25) is 0 Å². The van der Waals surface area contributed by atoms with Crippen LogP contribution >= 0.6 is 0 Å². The molecule has 1 aromatic heterocycles. The van der Waals surface area contributed by atoms with Crippen molar-refractivity contribution in [2.45, 2.75) is 0 Å². The van der Waals surface area contributed by atoms with Crippen molar-refractivity contribution in [3.8, 4) is 0 Å². The van der Waals surface area contributed by atoms with Crippen LogP contribution in [0.15, 0.2) is 24.4 Å². The number of allylic oxidation sites excluding steroid dienone is 1. The van der Waals surface area contributed by atoms with Crippen molar-refractivity contribution in [1.82, 2.24) is 4.57 Å². The molecule has 1 aromatic rings. The first-order valence-corrected chi connectivity index (χ1v) is 2.65. The number of aromatic nitrogens is 1. The van der Waals surface area contributed by atoms with Crippen molar-refractivity contribution in [2.24, 2.45) is 0 Å². The van der Waals surface area contributed by atoms with Gasteiger partial charge in [0.25, 0.3) is 0 Å². The molecule has 39 valence electrons. The van der Waals surface area contributed by atoms with Crippen LogP contribution in [0.25, 0.3) is 6.20 Å². The summed E-state index contributed by atoms with van der Waals surface area (Å²) >= 11 is 0. The van der Waals surface area contributed by atoms with Crippen LogP contribution in [0.3, 0.4) is 0 Å². The van der Waals surface area contributed by atoms with Crippen molar-refractivity contribution < 1.29 is 0 Å². The molecule has 0 spiro atoms. The number of hydrogen-bond donors (Lipinski definition) is 0. The lowest BCUT2D eigenvalue weighted by atomic mass is 10.3. The molecule has 0 atom stereocenters. The molecular weight excluding hydrogens is 98.1 g/mol. The van der Waals surface area contributed by atoms with Gasteiger partial charge in [0.1, 0.15) is 0 Å². The minimum absolute atomic E-state index is 1.27. The highest BCUT2D eigenvalue weighted by Crippen LogP contribution is 2.12. The molecule has 2 heterocycles. The third-order valence-corrected chi connectivity index (χ3v) is 1.33. The molecule has 0 aromatic carbocycles. The Morgan fingerprint density at radius 1 is 1.38 bits per heavy atom.